The number of hydrogen-bond donors (Lipinski definition) is 1. The van der Waals surface area contributed by atoms with Crippen molar-refractivity contribution in [3.05, 3.63) is 69.8 Å². The van der Waals surface area contributed by atoms with Gasteiger partial charge in [-0.3, -0.25) is 14.9 Å². The van der Waals surface area contributed by atoms with Gasteiger partial charge in [0.05, 0.1) is 4.92 Å². The molecule has 6 nitrogen and oxygen atoms in total. The minimum absolute atomic E-state index is 0.0864. The van der Waals surface area contributed by atoms with E-state index in [0.717, 1.165) is 30.2 Å². The molecule has 7 heteroatoms. The van der Waals surface area contributed by atoms with Crippen LogP contribution in [0.4, 0.5) is 11.4 Å². The van der Waals surface area contributed by atoms with Gasteiger partial charge in [-0.25, -0.2) is 0 Å². The monoisotopic (exact) mass is 357 g/mol. The maximum Gasteiger partial charge on any atom is 0.270 e. The number of nitrogens with zero attached hydrogens (tertiary/aromatic N) is 2. The molecule has 1 N–H and O–H groups in total. The number of carbonyl (C=O) groups is 1. The zero-order valence-corrected chi connectivity index (χ0v) is 14.5. The molecule has 1 saturated heterocycles. The van der Waals surface area contributed by atoms with Crippen LogP contribution in [-0.2, 0) is 6.54 Å². The molecule has 1 heterocycles. The Morgan fingerprint density at radius 2 is 1.88 bits per heavy atom. The normalized spacial score (nSPS) is 14.2. The van der Waals surface area contributed by atoms with E-state index < -0.39 is 4.92 Å². The molecule has 0 aliphatic carbocycles. The molecule has 0 unspecified atom stereocenters. The highest BCUT2D eigenvalue weighted by Gasteiger charge is 2.12. The smallest absolute Gasteiger partial charge is 0.270 e. The second-order valence-corrected chi connectivity index (χ2v) is 6.98. The number of carbonyl (C=O) groups excluding carboxylic acids is 1. The number of nitrogens with one attached hydrogen (secondary N) is 1. The Morgan fingerprint density at radius 3 is 2.56 bits per heavy atom. The average molecular weight is 357 g/mol. The van der Waals surface area contributed by atoms with Gasteiger partial charge in [0.25, 0.3) is 11.6 Å². The highest BCUT2D eigenvalue weighted by Crippen LogP contribution is 2.20. The third kappa shape index (κ3) is 4.51. The number of hydrogen-bond acceptors (Lipinski definition) is 5. The molecule has 0 spiro atoms. The molecule has 25 heavy (non-hydrogen) atoms. The largest absolute Gasteiger partial charge is 0.370 e. The lowest BCUT2D eigenvalue weighted by molar-refractivity contribution is -0.384. The number of amides is 1. The van der Waals surface area contributed by atoms with E-state index in [1.807, 2.05) is 23.9 Å². The van der Waals surface area contributed by atoms with E-state index in [0.29, 0.717) is 6.54 Å². The Labute approximate surface area is 150 Å². The van der Waals surface area contributed by atoms with Crippen molar-refractivity contribution in [3.8, 4) is 0 Å². The summed E-state index contributed by atoms with van der Waals surface area (Å²) in [4.78, 5) is 24.8. The molecule has 1 fully saturated rings. The molecule has 1 aliphatic heterocycles. The van der Waals surface area contributed by atoms with Crippen LogP contribution in [0.1, 0.15) is 15.9 Å². The fraction of sp³-hybridized carbons (Fsp3) is 0.278. The average Bonchev–Trinajstić information content (AvgIpc) is 2.67. The molecule has 1 aliphatic rings. The van der Waals surface area contributed by atoms with Gasteiger partial charge < -0.3 is 10.2 Å². The maximum absolute atomic E-state index is 12.2. The first-order valence-electron chi connectivity index (χ1n) is 8.08. The first-order valence-corrected chi connectivity index (χ1v) is 9.23. The van der Waals surface area contributed by atoms with E-state index in [4.69, 9.17) is 0 Å². The van der Waals surface area contributed by atoms with E-state index in [2.05, 4.69) is 22.3 Å². The van der Waals surface area contributed by atoms with Gasteiger partial charge in [-0.2, -0.15) is 11.8 Å². The van der Waals surface area contributed by atoms with Gasteiger partial charge in [0, 0.05) is 54.5 Å². The van der Waals surface area contributed by atoms with E-state index in [9.17, 15) is 14.9 Å². The standard InChI is InChI=1S/C18H19N3O3S/c22-18(15-2-1-3-17(12-15)21(23)24)19-13-14-4-6-16(7-5-14)20-8-10-25-11-9-20/h1-7,12H,8-11,13H2,(H,19,22). The van der Waals surface area contributed by atoms with Crippen molar-refractivity contribution < 1.29 is 9.72 Å². The van der Waals surface area contributed by atoms with Crippen LogP contribution in [0.25, 0.3) is 0 Å². The van der Waals surface area contributed by atoms with E-state index in [1.165, 1.54) is 23.9 Å². The van der Waals surface area contributed by atoms with Gasteiger partial charge in [-0.15, -0.1) is 0 Å². The molecule has 0 saturated carbocycles. The van der Waals surface area contributed by atoms with Crippen LogP contribution >= 0.6 is 11.8 Å². The zero-order chi connectivity index (χ0) is 17.6. The van der Waals surface area contributed by atoms with Crippen LogP contribution in [0.15, 0.2) is 48.5 Å². The summed E-state index contributed by atoms with van der Waals surface area (Å²) in [5.74, 6) is 1.99. The summed E-state index contributed by atoms with van der Waals surface area (Å²) in [6.45, 7) is 2.51. The fourth-order valence-corrected chi connectivity index (χ4v) is 3.59. The summed E-state index contributed by atoms with van der Waals surface area (Å²) in [6.07, 6.45) is 0. The van der Waals surface area contributed by atoms with Crippen LogP contribution in [0.3, 0.4) is 0 Å². The van der Waals surface area contributed by atoms with Gasteiger partial charge in [0.15, 0.2) is 0 Å². The summed E-state index contributed by atoms with van der Waals surface area (Å²) in [5.41, 5.74) is 2.40. The third-order valence-electron chi connectivity index (χ3n) is 4.08. The van der Waals surface area contributed by atoms with Crippen molar-refractivity contribution in [3.63, 3.8) is 0 Å². The predicted octanol–water partition coefficient (Wildman–Crippen LogP) is 3.08. The molecule has 0 radical (unpaired) electrons. The van der Waals surface area contributed by atoms with Crippen molar-refractivity contribution in [2.75, 3.05) is 29.5 Å². The van der Waals surface area contributed by atoms with Gasteiger partial charge in [-0.05, 0) is 23.8 Å². The van der Waals surface area contributed by atoms with Gasteiger partial charge in [0.1, 0.15) is 0 Å². The number of benzene rings is 2. The SMILES string of the molecule is O=C(NCc1ccc(N2CCSCC2)cc1)c1cccc([N+](=O)[O-])c1. The first-order chi connectivity index (χ1) is 12.1. The minimum atomic E-state index is -0.505. The molecular weight excluding hydrogens is 338 g/mol. The van der Waals surface area contributed by atoms with Crippen molar-refractivity contribution >= 4 is 29.0 Å². The molecule has 0 bridgehead atoms. The van der Waals surface area contributed by atoms with E-state index in [-0.39, 0.29) is 17.2 Å². The molecular formula is C18H19N3O3S. The quantitative estimate of drug-likeness (QED) is 0.657. The van der Waals surface area contributed by atoms with Crippen molar-refractivity contribution in [2.45, 2.75) is 6.54 Å². The second kappa shape index (κ2) is 8.02. The third-order valence-corrected chi connectivity index (χ3v) is 5.03. The molecule has 130 valence electrons. The topological polar surface area (TPSA) is 75.5 Å². The van der Waals surface area contributed by atoms with E-state index in [1.54, 1.807) is 6.07 Å². The summed E-state index contributed by atoms with van der Waals surface area (Å²) in [6, 6.07) is 13.9. The number of thioether (sulfide) groups is 1. The van der Waals surface area contributed by atoms with Crippen molar-refractivity contribution in [1.82, 2.24) is 5.32 Å². The maximum atomic E-state index is 12.2. The number of rotatable bonds is 5. The van der Waals surface area contributed by atoms with Crippen LogP contribution in [0.5, 0.6) is 0 Å². The molecule has 0 atom stereocenters. The van der Waals surface area contributed by atoms with Crippen molar-refractivity contribution in [1.29, 1.82) is 0 Å². The van der Waals surface area contributed by atoms with Crippen LogP contribution in [-0.4, -0.2) is 35.4 Å². The Bertz CT molecular complexity index is 758. The summed E-state index contributed by atoms with van der Waals surface area (Å²) in [7, 11) is 0. The van der Waals surface area contributed by atoms with Crippen LogP contribution < -0.4 is 10.2 Å². The van der Waals surface area contributed by atoms with Crippen LogP contribution in [0.2, 0.25) is 0 Å². The van der Waals surface area contributed by atoms with Crippen LogP contribution in [0, 0.1) is 10.1 Å². The first kappa shape index (κ1) is 17.3. The number of nitro benzene ring substituents is 1. The Balaban J connectivity index is 1.58. The highest BCUT2D eigenvalue weighted by atomic mass is 32.2. The minimum Gasteiger partial charge on any atom is -0.370 e. The van der Waals surface area contributed by atoms with Gasteiger partial charge in [0.2, 0.25) is 0 Å². The zero-order valence-electron chi connectivity index (χ0n) is 13.7. The predicted molar refractivity (Wildman–Crippen MR) is 100 cm³/mol. The second-order valence-electron chi connectivity index (χ2n) is 5.76. The van der Waals surface area contributed by atoms with Gasteiger partial charge >= 0.3 is 0 Å². The lowest BCUT2D eigenvalue weighted by Crippen LogP contribution is -2.32. The molecule has 0 aromatic heterocycles. The summed E-state index contributed by atoms with van der Waals surface area (Å²) in [5, 5.41) is 13.6. The van der Waals surface area contributed by atoms with Crippen molar-refractivity contribution in [2.24, 2.45) is 0 Å². The molecule has 2 aromatic rings. The Kier molecular flexibility index (Phi) is 5.55. The summed E-state index contributed by atoms with van der Waals surface area (Å²) >= 11 is 1.98. The molecule has 1 amide bonds. The molecule has 3 rings (SSSR count). The number of non-ortho nitro benzene ring substituents is 1. The Morgan fingerprint density at radius 1 is 1.16 bits per heavy atom. The highest BCUT2D eigenvalue weighted by molar-refractivity contribution is 7.99. The number of nitro groups is 1. The fourth-order valence-electron chi connectivity index (χ4n) is 2.69. The lowest BCUT2D eigenvalue weighted by atomic mass is 10.1. The number of anilines is 1. The lowest BCUT2D eigenvalue weighted by Gasteiger charge is -2.28. The summed E-state index contributed by atoms with van der Waals surface area (Å²) < 4.78 is 0. The Hall–Kier alpha value is -2.54. The molecule has 2 aromatic carbocycles. The van der Waals surface area contributed by atoms with E-state index >= 15 is 0 Å². The van der Waals surface area contributed by atoms with Gasteiger partial charge in [-0.1, -0.05) is 18.2 Å².